The molecule has 6 aromatic rings. The molecule has 230 valence electrons. The summed E-state index contributed by atoms with van der Waals surface area (Å²) in [5, 5.41) is 0.169. The maximum absolute atomic E-state index is 2.40. The van der Waals surface area contributed by atoms with Crippen molar-refractivity contribution in [1.82, 2.24) is 0 Å². The molecule has 0 saturated heterocycles. The van der Waals surface area contributed by atoms with Gasteiger partial charge in [-0.2, -0.15) is 0 Å². The Hall–Kier alpha value is -0.612. The molecule has 0 unspecified atom stereocenters. The van der Waals surface area contributed by atoms with E-state index in [0.29, 0.717) is 63.2 Å². The van der Waals surface area contributed by atoms with Gasteiger partial charge in [0.05, 0.1) is 0 Å². The molecule has 0 bridgehead atoms. The SMILES string of the molecule is c1ccc(SP(Sc2ccccc2)C(P([Se]c2ccccc2)[Se]c2ccccc2)P([Se]c2ccccc2)[Se]c2ccccc2)cc1. The fraction of sp³-hybridized carbons (Fsp3) is 0.0270. The fourth-order valence-corrected chi connectivity index (χ4v) is 85.4. The molecule has 0 aliphatic heterocycles. The number of hydrogen-bond donors (Lipinski definition) is 0. The molecule has 0 amide bonds. The van der Waals surface area contributed by atoms with Crippen molar-refractivity contribution in [1.29, 1.82) is 0 Å². The van der Waals surface area contributed by atoms with E-state index in [2.05, 4.69) is 205 Å². The molecule has 0 heterocycles. The summed E-state index contributed by atoms with van der Waals surface area (Å²) in [7, 11) is 0. The molecule has 0 N–H and O–H groups in total. The van der Waals surface area contributed by atoms with Crippen LogP contribution in [-0.4, -0.2) is 63.2 Å². The minimum absolute atomic E-state index is 0.268. The topological polar surface area (TPSA) is 0 Å². The van der Waals surface area contributed by atoms with Crippen molar-refractivity contribution in [2.45, 2.75) is 14.9 Å². The Labute approximate surface area is 309 Å². The van der Waals surface area contributed by atoms with Gasteiger partial charge in [0.2, 0.25) is 0 Å². The van der Waals surface area contributed by atoms with Crippen LogP contribution in [0.25, 0.3) is 0 Å². The van der Waals surface area contributed by atoms with Crippen molar-refractivity contribution in [3.63, 3.8) is 0 Å². The van der Waals surface area contributed by atoms with Gasteiger partial charge in [-0.15, -0.1) is 0 Å². The molecule has 0 radical (unpaired) electrons. The molecule has 6 rings (SSSR count). The summed E-state index contributed by atoms with van der Waals surface area (Å²) >= 11 is 6.07. The standard InChI is InChI=1S/C37H31P3S2Se4/c1-7-19-31(20-8-1)41-38(42-32-21-9-2-10-22-32)37(39(43-33-23-11-3-12-24-33)44-34-25-13-4-14-26-34)40(45-35-27-15-5-16-28-35)46-36-29-17-6-18-30-36/h1-30,37H. The summed E-state index contributed by atoms with van der Waals surface area (Å²) in [6, 6.07) is 68.4. The zero-order chi connectivity index (χ0) is 31.2. The van der Waals surface area contributed by atoms with Crippen LogP contribution in [0.2, 0.25) is 0 Å². The van der Waals surface area contributed by atoms with Gasteiger partial charge in [0.1, 0.15) is 0 Å². The van der Waals surface area contributed by atoms with Gasteiger partial charge in [0, 0.05) is 0 Å². The van der Waals surface area contributed by atoms with E-state index < -0.39 is 6.33 Å². The van der Waals surface area contributed by atoms with Gasteiger partial charge >= 0.3 is 313 Å². The second kappa shape index (κ2) is 19.5. The van der Waals surface area contributed by atoms with Crippen LogP contribution < -0.4 is 17.8 Å². The normalized spacial score (nSPS) is 11.5. The molecule has 9 heteroatoms. The fourth-order valence-electron chi connectivity index (χ4n) is 4.08. The average Bonchev–Trinajstić information content (AvgIpc) is 3.11. The molecular formula is C37H31P3S2Se4. The molecule has 0 fully saturated rings. The molecule has 0 aromatic heterocycles. The van der Waals surface area contributed by atoms with Crippen molar-refractivity contribution in [3.8, 4) is 0 Å². The predicted molar refractivity (Wildman–Crippen MR) is 216 cm³/mol. The first-order valence-electron chi connectivity index (χ1n) is 14.6. The first-order valence-corrected chi connectivity index (χ1v) is 33.9. The second-order valence-electron chi connectivity index (χ2n) is 9.63. The average molecular weight is 949 g/mol. The molecule has 0 nitrogen and oxygen atoms in total. The molecule has 6 aromatic carbocycles. The molecule has 0 saturated carbocycles. The van der Waals surface area contributed by atoms with E-state index in [0.717, 1.165) is 0 Å². The van der Waals surface area contributed by atoms with Gasteiger partial charge in [-0.1, -0.05) is 0 Å². The van der Waals surface area contributed by atoms with E-state index in [-0.39, 0.29) is 10.6 Å². The molecule has 0 spiro atoms. The molecule has 0 aliphatic rings. The van der Waals surface area contributed by atoms with E-state index in [1.807, 2.05) is 0 Å². The van der Waals surface area contributed by atoms with Crippen LogP contribution in [0.4, 0.5) is 0 Å². The van der Waals surface area contributed by atoms with Crippen molar-refractivity contribution >= 4 is 116 Å². The molecular weight excluding hydrogens is 917 g/mol. The Morgan fingerprint density at radius 1 is 0.326 bits per heavy atom. The monoisotopic (exact) mass is 952 g/mol. The predicted octanol–water partition coefficient (Wildman–Crippen LogP) is 8.91. The van der Waals surface area contributed by atoms with E-state index in [1.54, 1.807) is 17.8 Å². The zero-order valence-electron chi connectivity index (χ0n) is 24.7. The number of rotatable bonds is 15. The second-order valence-corrected chi connectivity index (χ2v) is 45.8. The third-order valence-electron chi connectivity index (χ3n) is 6.20. The van der Waals surface area contributed by atoms with Crippen LogP contribution in [-0.2, 0) is 0 Å². The quantitative estimate of drug-likeness (QED) is 0.0746. The van der Waals surface area contributed by atoms with E-state index in [9.17, 15) is 0 Å². The van der Waals surface area contributed by atoms with Crippen LogP contribution in [0, 0.1) is 0 Å². The van der Waals surface area contributed by atoms with Gasteiger partial charge in [0.25, 0.3) is 0 Å². The molecule has 0 aliphatic carbocycles. The van der Waals surface area contributed by atoms with Crippen molar-refractivity contribution < 1.29 is 0 Å². The van der Waals surface area contributed by atoms with E-state index >= 15 is 0 Å². The summed E-state index contributed by atoms with van der Waals surface area (Å²) in [5.41, 5.74) is 0. The van der Waals surface area contributed by atoms with Gasteiger partial charge in [0.15, 0.2) is 0 Å². The van der Waals surface area contributed by atoms with Crippen LogP contribution in [0.3, 0.4) is 0 Å². The summed E-state index contributed by atoms with van der Waals surface area (Å²) in [4.78, 5) is 2.82. The first-order chi connectivity index (χ1) is 22.8. The third-order valence-corrected chi connectivity index (χ3v) is 56.8. The van der Waals surface area contributed by atoms with Crippen LogP contribution in [0.15, 0.2) is 192 Å². The maximum atomic E-state index is 2.40. The number of hydrogen-bond acceptors (Lipinski definition) is 2. The van der Waals surface area contributed by atoms with Gasteiger partial charge in [-0.05, 0) is 0 Å². The van der Waals surface area contributed by atoms with Crippen molar-refractivity contribution in [2.24, 2.45) is 0 Å². The Bertz CT molecular complexity index is 1380. The summed E-state index contributed by atoms with van der Waals surface area (Å²) in [5.74, 6) is 0. The summed E-state index contributed by atoms with van der Waals surface area (Å²) in [6.07, 6.45) is -0.487. The number of benzene rings is 6. The Kier molecular flexibility index (Phi) is 15.0. The molecule has 46 heavy (non-hydrogen) atoms. The Balaban J connectivity index is 1.50. The summed E-state index contributed by atoms with van der Waals surface area (Å²) in [6.45, 7) is 0. The first kappa shape index (κ1) is 35.2. The van der Waals surface area contributed by atoms with Crippen LogP contribution >= 0.6 is 39.7 Å². The van der Waals surface area contributed by atoms with Crippen LogP contribution in [0.5, 0.6) is 0 Å². The Morgan fingerprint density at radius 3 is 0.826 bits per heavy atom. The van der Waals surface area contributed by atoms with E-state index in [4.69, 9.17) is 0 Å². The van der Waals surface area contributed by atoms with E-state index in [1.165, 1.54) is 9.79 Å². The molecule has 0 atom stereocenters. The minimum atomic E-state index is -0.487. The van der Waals surface area contributed by atoms with Gasteiger partial charge in [-0.25, -0.2) is 0 Å². The van der Waals surface area contributed by atoms with Crippen LogP contribution in [0.1, 0.15) is 0 Å². The summed E-state index contributed by atoms with van der Waals surface area (Å²) < 4.78 is 6.23. The van der Waals surface area contributed by atoms with Gasteiger partial charge in [-0.3, -0.25) is 0 Å². The third kappa shape index (κ3) is 11.2. The van der Waals surface area contributed by atoms with Crippen molar-refractivity contribution in [3.05, 3.63) is 182 Å². The van der Waals surface area contributed by atoms with Crippen molar-refractivity contribution in [2.75, 3.05) is 0 Å². The van der Waals surface area contributed by atoms with Gasteiger partial charge < -0.3 is 0 Å². The zero-order valence-corrected chi connectivity index (χ0v) is 35.9. The Morgan fingerprint density at radius 2 is 0.565 bits per heavy atom.